The highest BCUT2D eigenvalue weighted by Crippen LogP contribution is 2.23. The van der Waals surface area contributed by atoms with Crippen molar-refractivity contribution in [3.63, 3.8) is 0 Å². The zero-order valence-electron chi connectivity index (χ0n) is 13.1. The lowest BCUT2D eigenvalue weighted by molar-refractivity contribution is -0.120. The Morgan fingerprint density at radius 3 is 2.86 bits per heavy atom. The first kappa shape index (κ1) is 14.8. The molecule has 1 aliphatic rings. The highest BCUT2D eigenvalue weighted by atomic mass is 16.1. The van der Waals surface area contributed by atoms with Crippen LogP contribution in [0.5, 0.6) is 0 Å². The molecule has 0 spiro atoms. The highest BCUT2D eigenvalue weighted by molar-refractivity contribution is 5.79. The summed E-state index contributed by atoms with van der Waals surface area (Å²) in [5.41, 5.74) is 2.95. The van der Waals surface area contributed by atoms with Crippen molar-refractivity contribution in [1.29, 1.82) is 0 Å². The molecule has 22 heavy (non-hydrogen) atoms. The number of carbonyl (C=O) groups excluding carboxylic acids is 1. The van der Waals surface area contributed by atoms with E-state index in [9.17, 15) is 9.59 Å². The third-order valence-electron chi connectivity index (χ3n) is 4.60. The largest absolute Gasteiger partial charge is 0.356 e. The zero-order valence-corrected chi connectivity index (χ0v) is 13.1. The van der Waals surface area contributed by atoms with Crippen LogP contribution in [0.1, 0.15) is 42.6 Å². The predicted octanol–water partition coefficient (Wildman–Crippen LogP) is 1.49. The lowest BCUT2D eigenvalue weighted by Crippen LogP contribution is -2.30. The Labute approximate surface area is 128 Å². The van der Waals surface area contributed by atoms with Gasteiger partial charge in [-0.2, -0.15) is 0 Å². The molecular weight excluding hydrogens is 280 g/mol. The van der Waals surface area contributed by atoms with Crippen molar-refractivity contribution in [2.24, 2.45) is 5.92 Å². The number of hydrogen-bond acceptors (Lipinski definition) is 3. The Morgan fingerprint density at radius 2 is 2.14 bits per heavy atom. The zero-order chi connectivity index (χ0) is 15.7. The summed E-state index contributed by atoms with van der Waals surface area (Å²) in [7, 11) is 0. The van der Waals surface area contributed by atoms with E-state index in [4.69, 9.17) is 0 Å². The van der Waals surface area contributed by atoms with Crippen molar-refractivity contribution in [3.05, 3.63) is 33.4 Å². The smallest absolute Gasteiger partial charge is 0.266 e. The number of rotatable bonds is 4. The van der Waals surface area contributed by atoms with E-state index in [0.717, 1.165) is 23.5 Å². The number of aryl methyl sites for hydroxylation is 2. The van der Waals surface area contributed by atoms with Crippen LogP contribution in [0.25, 0.3) is 5.65 Å². The topological polar surface area (TPSA) is 79.3 Å². The first-order valence-electron chi connectivity index (χ1n) is 7.89. The number of nitrogens with one attached hydrogen (secondary N) is 2. The van der Waals surface area contributed by atoms with Gasteiger partial charge in [0.15, 0.2) is 5.65 Å². The number of fused-ring (bicyclic) bond motifs is 1. The Bertz CT molecular complexity index is 753. The SMILES string of the molecule is Cc1nc2cc(=O)[nH]n2c(C)c1CC(=O)NCC1CCCC1. The van der Waals surface area contributed by atoms with Gasteiger partial charge in [0.25, 0.3) is 5.56 Å². The molecule has 2 aromatic rings. The van der Waals surface area contributed by atoms with Gasteiger partial charge in [-0.3, -0.25) is 14.7 Å². The van der Waals surface area contributed by atoms with Crippen molar-refractivity contribution in [2.45, 2.75) is 46.0 Å². The first-order chi connectivity index (χ1) is 10.5. The Morgan fingerprint density at radius 1 is 1.41 bits per heavy atom. The van der Waals surface area contributed by atoms with Crippen LogP contribution in [0.2, 0.25) is 0 Å². The predicted molar refractivity (Wildman–Crippen MR) is 84.0 cm³/mol. The van der Waals surface area contributed by atoms with Crippen LogP contribution in [-0.4, -0.2) is 27.0 Å². The van der Waals surface area contributed by atoms with E-state index in [2.05, 4.69) is 15.4 Å². The maximum Gasteiger partial charge on any atom is 0.266 e. The van der Waals surface area contributed by atoms with E-state index >= 15 is 0 Å². The monoisotopic (exact) mass is 302 g/mol. The van der Waals surface area contributed by atoms with Crippen molar-refractivity contribution in [2.75, 3.05) is 6.54 Å². The van der Waals surface area contributed by atoms with Gasteiger partial charge in [-0.15, -0.1) is 0 Å². The molecular formula is C16H22N4O2. The molecule has 2 N–H and O–H groups in total. The van der Waals surface area contributed by atoms with Gasteiger partial charge in [0.1, 0.15) is 0 Å². The third-order valence-corrected chi connectivity index (χ3v) is 4.60. The molecule has 0 unspecified atom stereocenters. The number of aromatic amines is 1. The minimum Gasteiger partial charge on any atom is -0.356 e. The summed E-state index contributed by atoms with van der Waals surface area (Å²) < 4.78 is 1.65. The van der Waals surface area contributed by atoms with E-state index < -0.39 is 0 Å². The summed E-state index contributed by atoms with van der Waals surface area (Å²) in [6.07, 6.45) is 5.29. The van der Waals surface area contributed by atoms with Gasteiger partial charge in [-0.25, -0.2) is 9.50 Å². The number of H-pyrrole nitrogens is 1. The lowest BCUT2D eigenvalue weighted by atomic mass is 10.1. The molecule has 0 saturated heterocycles. The second kappa shape index (κ2) is 5.94. The number of aromatic nitrogens is 3. The number of hydrogen-bond donors (Lipinski definition) is 2. The van der Waals surface area contributed by atoms with E-state index in [1.54, 1.807) is 4.52 Å². The van der Waals surface area contributed by atoms with Crippen LogP contribution in [0.15, 0.2) is 10.9 Å². The quantitative estimate of drug-likeness (QED) is 0.898. The standard InChI is InChI=1S/C16H22N4O2/c1-10-13(7-15(21)17-9-12-5-3-4-6-12)11(2)20-14(18-10)8-16(22)19-20/h8,12H,3-7,9H2,1-2H3,(H,17,21)(H,19,22). The second-order valence-electron chi connectivity index (χ2n) is 6.21. The third kappa shape index (κ3) is 2.91. The van der Waals surface area contributed by atoms with Gasteiger partial charge in [0, 0.05) is 29.6 Å². The van der Waals surface area contributed by atoms with Gasteiger partial charge in [-0.05, 0) is 32.6 Å². The van der Waals surface area contributed by atoms with Gasteiger partial charge in [-0.1, -0.05) is 12.8 Å². The van der Waals surface area contributed by atoms with Crippen LogP contribution >= 0.6 is 0 Å². The van der Waals surface area contributed by atoms with E-state index in [1.807, 2.05) is 13.8 Å². The molecule has 0 radical (unpaired) electrons. The molecule has 0 atom stereocenters. The molecule has 6 nitrogen and oxygen atoms in total. The Balaban J connectivity index is 1.74. The van der Waals surface area contributed by atoms with Crippen LogP contribution in [-0.2, 0) is 11.2 Å². The molecule has 1 fully saturated rings. The molecule has 3 rings (SSSR count). The van der Waals surface area contributed by atoms with Crippen LogP contribution in [0.4, 0.5) is 0 Å². The fourth-order valence-corrected chi connectivity index (χ4v) is 3.31. The lowest BCUT2D eigenvalue weighted by Gasteiger charge is -2.13. The van der Waals surface area contributed by atoms with Crippen molar-refractivity contribution < 1.29 is 4.79 Å². The number of amides is 1. The first-order valence-corrected chi connectivity index (χ1v) is 7.89. The normalized spacial score (nSPS) is 15.5. The molecule has 0 aromatic carbocycles. The summed E-state index contributed by atoms with van der Waals surface area (Å²) in [6, 6.07) is 1.46. The highest BCUT2D eigenvalue weighted by Gasteiger charge is 2.17. The molecule has 0 bridgehead atoms. The summed E-state index contributed by atoms with van der Waals surface area (Å²) >= 11 is 0. The summed E-state index contributed by atoms with van der Waals surface area (Å²) in [6.45, 7) is 4.55. The minimum atomic E-state index is -0.183. The van der Waals surface area contributed by atoms with Crippen molar-refractivity contribution >= 4 is 11.6 Å². The summed E-state index contributed by atoms with van der Waals surface area (Å²) in [5.74, 6) is 0.654. The maximum absolute atomic E-state index is 12.2. The fourth-order valence-electron chi connectivity index (χ4n) is 3.31. The van der Waals surface area contributed by atoms with Gasteiger partial charge in [0.2, 0.25) is 5.91 Å². The molecule has 118 valence electrons. The second-order valence-corrected chi connectivity index (χ2v) is 6.21. The molecule has 2 heterocycles. The number of carbonyl (C=O) groups is 1. The molecule has 1 saturated carbocycles. The fraction of sp³-hybridized carbons (Fsp3) is 0.562. The molecule has 0 aliphatic heterocycles. The van der Waals surface area contributed by atoms with E-state index in [1.165, 1.54) is 31.7 Å². The summed E-state index contributed by atoms with van der Waals surface area (Å²) in [5, 5.41) is 5.74. The van der Waals surface area contributed by atoms with Crippen molar-refractivity contribution in [1.82, 2.24) is 19.9 Å². The maximum atomic E-state index is 12.2. The molecule has 1 aliphatic carbocycles. The average Bonchev–Trinajstić information content (AvgIpc) is 3.10. The minimum absolute atomic E-state index is 0.0220. The van der Waals surface area contributed by atoms with Crippen LogP contribution < -0.4 is 10.9 Å². The van der Waals surface area contributed by atoms with Gasteiger partial charge in [0.05, 0.1) is 6.42 Å². The van der Waals surface area contributed by atoms with Gasteiger partial charge < -0.3 is 5.32 Å². The Kier molecular flexibility index (Phi) is 4.00. The van der Waals surface area contributed by atoms with Gasteiger partial charge >= 0.3 is 0 Å². The summed E-state index contributed by atoms with van der Waals surface area (Å²) in [4.78, 5) is 28.0. The van der Waals surface area contributed by atoms with Crippen molar-refractivity contribution in [3.8, 4) is 0 Å². The molecule has 1 amide bonds. The van der Waals surface area contributed by atoms with Crippen LogP contribution in [0, 0.1) is 19.8 Å². The average molecular weight is 302 g/mol. The Hall–Kier alpha value is -2.11. The molecule has 2 aromatic heterocycles. The van der Waals surface area contributed by atoms with Crippen LogP contribution in [0.3, 0.4) is 0 Å². The molecule has 6 heteroatoms. The number of nitrogens with zero attached hydrogens (tertiary/aromatic N) is 2. The van der Waals surface area contributed by atoms with E-state index in [0.29, 0.717) is 18.0 Å². The van der Waals surface area contributed by atoms with E-state index in [-0.39, 0.29) is 11.5 Å².